The van der Waals surface area contributed by atoms with Crippen LogP contribution < -0.4 is 4.74 Å². The van der Waals surface area contributed by atoms with Crippen molar-refractivity contribution in [2.24, 2.45) is 0 Å². The molecule has 0 aliphatic carbocycles. The van der Waals surface area contributed by atoms with Gasteiger partial charge in [-0.1, -0.05) is 5.21 Å². The van der Waals surface area contributed by atoms with E-state index in [-0.39, 0.29) is 17.9 Å². The van der Waals surface area contributed by atoms with Crippen LogP contribution in [0.3, 0.4) is 0 Å². The Morgan fingerprint density at radius 2 is 1.95 bits per heavy atom. The van der Waals surface area contributed by atoms with Gasteiger partial charge in [0.25, 0.3) is 0 Å². The van der Waals surface area contributed by atoms with Crippen LogP contribution in [0.2, 0.25) is 0 Å². The molecular formula is C26H29F2N7O4. The zero-order valence-electron chi connectivity index (χ0n) is 21.4. The van der Waals surface area contributed by atoms with E-state index in [1.165, 1.54) is 22.9 Å². The topological polar surface area (TPSA) is 114 Å². The number of halogens is 2. The fourth-order valence-corrected chi connectivity index (χ4v) is 4.98. The van der Waals surface area contributed by atoms with Crippen molar-refractivity contribution in [3.63, 3.8) is 0 Å². The van der Waals surface area contributed by atoms with Gasteiger partial charge in [0.05, 0.1) is 37.2 Å². The Balaban J connectivity index is 1.15. The van der Waals surface area contributed by atoms with Gasteiger partial charge in [-0.3, -0.25) is 14.9 Å². The molecule has 4 aromatic rings. The van der Waals surface area contributed by atoms with Crippen LogP contribution in [0.1, 0.15) is 11.8 Å². The number of aliphatic hydroxyl groups is 1. The highest BCUT2D eigenvalue weighted by atomic mass is 19.1. The highest BCUT2D eigenvalue weighted by Gasteiger charge is 2.37. The molecule has 2 aliphatic heterocycles. The standard InChI is InChI=1S/C26H29F2N7O4/c1-37-8-9-39-24-12-22-19(11-21(24)28)25(31-29-22)23-15-35(32-30-23)16-2-3-18(20(27)10-16)26(36)34-13-17(14-34)33-4-6-38-7-5-33/h2-3,10-12,15,17,26,36H,4-9,13-14H2,1H3,(H,29,31). The van der Waals surface area contributed by atoms with E-state index in [1.807, 2.05) is 4.90 Å². The Morgan fingerprint density at radius 1 is 1.13 bits per heavy atom. The number of ether oxygens (including phenoxy) is 3. The number of hydrogen-bond donors (Lipinski definition) is 2. The van der Waals surface area contributed by atoms with Crippen LogP contribution in [-0.4, -0.2) is 106 Å². The van der Waals surface area contributed by atoms with Gasteiger partial charge >= 0.3 is 0 Å². The van der Waals surface area contributed by atoms with Gasteiger partial charge in [-0.25, -0.2) is 13.5 Å². The molecule has 206 valence electrons. The zero-order valence-corrected chi connectivity index (χ0v) is 21.4. The fraction of sp³-hybridized carbons (Fsp3) is 0.423. The number of aliphatic hydroxyl groups excluding tert-OH is 1. The smallest absolute Gasteiger partial charge is 0.165 e. The number of benzene rings is 2. The molecule has 2 aliphatic rings. The normalized spacial score (nSPS) is 17.9. The number of rotatable bonds is 9. The lowest BCUT2D eigenvalue weighted by Crippen LogP contribution is -2.62. The fourth-order valence-electron chi connectivity index (χ4n) is 4.98. The van der Waals surface area contributed by atoms with Gasteiger partial charge in [-0.15, -0.1) is 5.10 Å². The van der Waals surface area contributed by atoms with Crippen LogP contribution in [0.25, 0.3) is 28.0 Å². The third kappa shape index (κ3) is 5.11. The van der Waals surface area contributed by atoms with Gasteiger partial charge in [0.1, 0.15) is 30.0 Å². The number of hydrogen-bond acceptors (Lipinski definition) is 9. The van der Waals surface area contributed by atoms with Crippen molar-refractivity contribution in [2.45, 2.75) is 12.3 Å². The second kappa shape index (κ2) is 10.9. The molecule has 0 amide bonds. The number of aromatic amines is 1. The van der Waals surface area contributed by atoms with E-state index in [0.29, 0.717) is 53.7 Å². The number of nitrogens with zero attached hydrogens (tertiary/aromatic N) is 6. The van der Waals surface area contributed by atoms with E-state index in [0.717, 1.165) is 26.3 Å². The minimum Gasteiger partial charge on any atom is -0.488 e. The largest absolute Gasteiger partial charge is 0.488 e. The van der Waals surface area contributed by atoms with Crippen molar-refractivity contribution >= 4 is 10.9 Å². The summed E-state index contributed by atoms with van der Waals surface area (Å²) < 4.78 is 46.9. The summed E-state index contributed by atoms with van der Waals surface area (Å²) in [5.41, 5.74) is 1.99. The summed E-state index contributed by atoms with van der Waals surface area (Å²) in [4.78, 5) is 4.20. The van der Waals surface area contributed by atoms with E-state index >= 15 is 4.39 Å². The van der Waals surface area contributed by atoms with Crippen LogP contribution in [0.15, 0.2) is 36.5 Å². The highest BCUT2D eigenvalue weighted by Crippen LogP contribution is 2.31. The molecule has 2 aromatic carbocycles. The predicted molar refractivity (Wildman–Crippen MR) is 136 cm³/mol. The lowest BCUT2D eigenvalue weighted by Gasteiger charge is -2.48. The molecule has 0 bridgehead atoms. The van der Waals surface area contributed by atoms with Crippen molar-refractivity contribution in [3.8, 4) is 22.8 Å². The predicted octanol–water partition coefficient (Wildman–Crippen LogP) is 2.12. The molecule has 1 unspecified atom stereocenters. The Hall–Kier alpha value is -3.49. The first kappa shape index (κ1) is 25.8. The molecule has 0 radical (unpaired) electrons. The van der Waals surface area contributed by atoms with E-state index in [4.69, 9.17) is 14.2 Å². The second-order valence-electron chi connectivity index (χ2n) is 9.63. The second-order valence-corrected chi connectivity index (χ2v) is 9.63. The number of methoxy groups -OCH3 is 1. The Bertz CT molecular complexity index is 1450. The summed E-state index contributed by atoms with van der Waals surface area (Å²) in [7, 11) is 1.54. The van der Waals surface area contributed by atoms with E-state index in [1.54, 1.807) is 25.4 Å². The van der Waals surface area contributed by atoms with Crippen LogP contribution >= 0.6 is 0 Å². The molecule has 11 nitrogen and oxygen atoms in total. The maximum atomic E-state index is 15.1. The van der Waals surface area contributed by atoms with Crippen molar-refractivity contribution in [1.82, 2.24) is 35.0 Å². The molecule has 0 saturated carbocycles. The van der Waals surface area contributed by atoms with Crippen molar-refractivity contribution < 1.29 is 28.1 Å². The first-order chi connectivity index (χ1) is 19.0. The van der Waals surface area contributed by atoms with Gasteiger partial charge in [0.15, 0.2) is 11.6 Å². The van der Waals surface area contributed by atoms with Crippen LogP contribution in [0.4, 0.5) is 8.78 Å². The lowest BCUT2D eigenvalue weighted by molar-refractivity contribution is -0.100. The van der Waals surface area contributed by atoms with Gasteiger partial charge in [0.2, 0.25) is 0 Å². The quantitative estimate of drug-likeness (QED) is 0.308. The summed E-state index contributed by atoms with van der Waals surface area (Å²) >= 11 is 0. The molecule has 4 heterocycles. The molecule has 1 atom stereocenters. The highest BCUT2D eigenvalue weighted by molar-refractivity contribution is 5.92. The average molecular weight is 542 g/mol. The number of likely N-dealkylation sites (tertiary alicyclic amines) is 1. The number of morpholine rings is 1. The molecule has 2 fully saturated rings. The summed E-state index contributed by atoms with van der Waals surface area (Å²) in [6.07, 6.45) is 0.556. The Labute approximate surface area is 222 Å². The lowest BCUT2D eigenvalue weighted by atomic mass is 10.0. The third-order valence-corrected chi connectivity index (χ3v) is 7.22. The van der Waals surface area contributed by atoms with Crippen LogP contribution in [0.5, 0.6) is 5.75 Å². The van der Waals surface area contributed by atoms with E-state index < -0.39 is 17.9 Å². The van der Waals surface area contributed by atoms with Crippen LogP contribution in [-0.2, 0) is 9.47 Å². The summed E-state index contributed by atoms with van der Waals surface area (Å²) in [5, 5.41) is 26.7. The van der Waals surface area contributed by atoms with E-state index in [2.05, 4.69) is 25.4 Å². The number of H-pyrrole nitrogens is 1. The molecule has 6 rings (SSSR count). The van der Waals surface area contributed by atoms with E-state index in [9.17, 15) is 9.50 Å². The third-order valence-electron chi connectivity index (χ3n) is 7.22. The molecule has 39 heavy (non-hydrogen) atoms. The molecule has 13 heteroatoms. The number of aromatic nitrogens is 5. The number of nitrogens with one attached hydrogen (secondary N) is 1. The maximum absolute atomic E-state index is 15.1. The summed E-state index contributed by atoms with van der Waals surface area (Å²) in [6, 6.07) is 7.74. The van der Waals surface area contributed by atoms with Gasteiger partial charge in [0, 0.05) is 62.4 Å². The minimum atomic E-state index is -1.03. The Kier molecular flexibility index (Phi) is 7.23. The molecule has 0 spiro atoms. The summed E-state index contributed by atoms with van der Waals surface area (Å²) in [6.45, 7) is 5.10. The van der Waals surface area contributed by atoms with Crippen molar-refractivity contribution in [2.75, 3.05) is 59.7 Å². The monoisotopic (exact) mass is 541 g/mol. The van der Waals surface area contributed by atoms with Gasteiger partial charge < -0.3 is 19.3 Å². The van der Waals surface area contributed by atoms with Crippen LogP contribution in [0, 0.1) is 11.6 Å². The molecule has 2 aromatic heterocycles. The Morgan fingerprint density at radius 3 is 2.72 bits per heavy atom. The molecule has 2 N–H and O–H groups in total. The summed E-state index contributed by atoms with van der Waals surface area (Å²) in [5.74, 6) is -0.991. The average Bonchev–Trinajstić information content (AvgIpc) is 3.56. The first-order valence-corrected chi connectivity index (χ1v) is 12.8. The molecule has 2 saturated heterocycles. The molecular weight excluding hydrogens is 512 g/mol. The SMILES string of the molecule is COCCOc1cc2[nH]nc(-c3cn(-c4ccc(C(O)N5CC(N6CCOCC6)C5)c(F)c4)nn3)c2cc1F. The van der Waals surface area contributed by atoms with Crippen molar-refractivity contribution in [3.05, 3.63) is 53.7 Å². The van der Waals surface area contributed by atoms with Gasteiger partial charge in [-0.05, 0) is 18.2 Å². The van der Waals surface area contributed by atoms with Gasteiger partial charge in [-0.2, -0.15) is 5.10 Å². The zero-order chi connectivity index (χ0) is 26.9. The maximum Gasteiger partial charge on any atom is 0.165 e. The first-order valence-electron chi connectivity index (χ1n) is 12.8. The number of fused-ring (bicyclic) bond motifs is 1. The minimum absolute atomic E-state index is 0.0889. The van der Waals surface area contributed by atoms with Crippen molar-refractivity contribution in [1.29, 1.82) is 0 Å².